The third-order valence-electron chi connectivity index (χ3n) is 7.46. The van der Waals surface area contributed by atoms with Crippen LogP contribution in [0.5, 0.6) is 11.5 Å². The molecule has 4 amide bonds. The highest BCUT2D eigenvalue weighted by molar-refractivity contribution is 5.98. The van der Waals surface area contributed by atoms with E-state index in [9.17, 15) is 14.4 Å². The molecule has 0 aliphatic carbocycles. The fourth-order valence-electron chi connectivity index (χ4n) is 5.23. The molecule has 1 atom stereocenters. The van der Waals surface area contributed by atoms with Crippen molar-refractivity contribution in [3.8, 4) is 11.5 Å². The molecule has 9 nitrogen and oxygen atoms in total. The molecule has 196 valence electrons. The normalized spacial score (nSPS) is 18.3. The van der Waals surface area contributed by atoms with Gasteiger partial charge in [-0.2, -0.15) is 0 Å². The lowest BCUT2D eigenvalue weighted by Crippen LogP contribution is -2.55. The van der Waals surface area contributed by atoms with Gasteiger partial charge in [-0.25, -0.2) is 4.79 Å². The van der Waals surface area contributed by atoms with Crippen molar-refractivity contribution in [1.82, 2.24) is 15.1 Å². The first kappa shape index (κ1) is 24.9. The topological polar surface area (TPSA) is 100 Å². The summed E-state index contributed by atoms with van der Waals surface area (Å²) in [6.07, 6.45) is 4.34. The Kier molecular flexibility index (Phi) is 7.48. The predicted molar refractivity (Wildman–Crippen MR) is 139 cm³/mol. The van der Waals surface area contributed by atoms with E-state index in [1.807, 2.05) is 36.1 Å². The molecule has 2 N–H and O–H groups in total. The van der Waals surface area contributed by atoms with E-state index in [0.717, 1.165) is 30.5 Å². The Bertz CT molecular complexity index is 1140. The van der Waals surface area contributed by atoms with Crippen LogP contribution in [0.3, 0.4) is 0 Å². The van der Waals surface area contributed by atoms with Crippen molar-refractivity contribution >= 4 is 23.5 Å². The molecule has 9 heteroatoms. The van der Waals surface area contributed by atoms with Gasteiger partial charge in [0.05, 0.1) is 0 Å². The number of ether oxygens (including phenoxy) is 2. The van der Waals surface area contributed by atoms with Gasteiger partial charge in [0, 0.05) is 37.4 Å². The number of urea groups is 1. The van der Waals surface area contributed by atoms with E-state index in [-0.39, 0.29) is 30.6 Å². The molecular weight excluding hydrogens is 472 g/mol. The Hall–Kier alpha value is -3.75. The van der Waals surface area contributed by atoms with E-state index in [1.165, 1.54) is 0 Å². The third kappa shape index (κ3) is 5.81. The van der Waals surface area contributed by atoms with E-state index in [4.69, 9.17) is 9.47 Å². The molecular formula is C28H34N4O5. The molecule has 2 aromatic carbocycles. The van der Waals surface area contributed by atoms with Crippen molar-refractivity contribution < 1.29 is 23.9 Å². The van der Waals surface area contributed by atoms with Gasteiger partial charge < -0.3 is 29.9 Å². The number of hydrogen-bond acceptors (Lipinski definition) is 5. The van der Waals surface area contributed by atoms with Gasteiger partial charge in [-0.3, -0.25) is 9.59 Å². The number of aryl methyl sites for hydroxylation is 1. The van der Waals surface area contributed by atoms with Gasteiger partial charge in [-0.05, 0) is 75.3 Å². The summed E-state index contributed by atoms with van der Waals surface area (Å²) in [6.45, 7) is 4.61. The molecule has 2 aromatic rings. The van der Waals surface area contributed by atoms with Crippen LogP contribution in [0.15, 0.2) is 42.5 Å². The summed E-state index contributed by atoms with van der Waals surface area (Å²) in [6, 6.07) is 12.0. The second-order valence-electron chi connectivity index (χ2n) is 10.0. The third-order valence-corrected chi connectivity index (χ3v) is 7.46. The van der Waals surface area contributed by atoms with Crippen molar-refractivity contribution in [1.29, 1.82) is 0 Å². The van der Waals surface area contributed by atoms with Crippen molar-refractivity contribution in [3.05, 3.63) is 53.6 Å². The quantitative estimate of drug-likeness (QED) is 0.643. The summed E-state index contributed by atoms with van der Waals surface area (Å²) in [5.41, 5.74) is 2.31. The first-order valence-corrected chi connectivity index (χ1v) is 13.1. The molecule has 2 saturated heterocycles. The lowest BCUT2D eigenvalue weighted by Gasteiger charge is -2.38. The minimum atomic E-state index is -0.640. The Morgan fingerprint density at radius 2 is 1.57 bits per heavy atom. The fraction of sp³-hybridized carbons (Fsp3) is 0.464. The average molecular weight is 507 g/mol. The van der Waals surface area contributed by atoms with E-state index in [1.54, 1.807) is 23.1 Å². The number of nitrogens with zero attached hydrogens (tertiary/aromatic N) is 2. The van der Waals surface area contributed by atoms with E-state index < -0.39 is 6.04 Å². The van der Waals surface area contributed by atoms with Gasteiger partial charge in [-0.1, -0.05) is 17.7 Å². The number of hydrogen-bond donors (Lipinski definition) is 2. The molecule has 0 radical (unpaired) electrons. The Balaban J connectivity index is 1.25. The molecule has 3 aliphatic heterocycles. The van der Waals surface area contributed by atoms with Gasteiger partial charge in [-0.15, -0.1) is 0 Å². The monoisotopic (exact) mass is 506 g/mol. The standard InChI is InChI=1S/C28H34N4O5/c1-19-5-8-22(9-6-19)29-28(35)32-15-11-20(12-16-32)25(27(34)31-13-3-2-4-14-31)30-26(33)21-7-10-23-24(17-21)37-18-36-23/h5-10,17,20,25H,2-4,11-16,18H2,1H3,(H,29,35)(H,30,33)/t25-/m0/s1. The molecule has 0 aromatic heterocycles. The van der Waals surface area contributed by atoms with E-state index in [0.29, 0.717) is 56.1 Å². The zero-order valence-electron chi connectivity index (χ0n) is 21.2. The maximum absolute atomic E-state index is 13.6. The van der Waals surface area contributed by atoms with Crippen LogP contribution in [-0.2, 0) is 4.79 Å². The van der Waals surface area contributed by atoms with Crippen LogP contribution in [-0.4, -0.2) is 66.7 Å². The number of rotatable bonds is 5. The van der Waals surface area contributed by atoms with Crippen molar-refractivity contribution in [2.24, 2.45) is 5.92 Å². The molecule has 5 rings (SSSR count). The fourth-order valence-corrected chi connectivity index (χ4v) is 5.23. The molecule has 3 heterocycles. The van der Waals surface area contributed by atoms with Crippen LogP contribution in [0, 0.1) is 12.8 Å². The number of carbonyl (C=O) groups excluding carboxylic acids is 3. The van der Waals surface area contributed by atoms with Crippen LogP contribution in [0.1, 0.15) is 48.0 Å². The van der Waals surface area contributed by atoms with Crippen LogP contribution < -0.4 is 20.1 Å². The maximum atomic E-state index is 13.6. The average Bonchev–Trinajstić information content (AvgIpc) is 3.41. The summed E-state index contributed by atoms with van der Waals surface area (Å²) in [7, 11) is 0. The first-order chi connectivity index (χ1) is 18.0. The smallest absolute Gasteiger partial charge is 0.321 e. The largest absolute Gasteiger partial charge is 0.454 e. The molecule has 0 bridgehead atoms. The zero-order chi connectivity index (χ0) is 25.8. The van der Waals surface area contributed by atoms with Gasteiger partial charge >= 0.3 is 6.03 Å². The number of likely N-dealkylation sites (tertiary alicyclic amines) is 2. The summed E-state index contributed by atoms with van der Waals surface area (Å²) < 4.78 is 10.8. The number of carbonyl (C=O) groups is 3. The maximum Gasteiger partial charge on any atom is 0.321 e. The first-order valence-electron chi connectivity index (χ1n) is 13.1. The Morgan fingerprint density at radius 1 is 0.865 bits per heavy atom. The minimum Gasteiger partial charge on any atom is -0.454 e. The van der Waals surface area contributed by atoms with Gasteiger partial charge in [0.15, 0.2) is 11.5 Å². The van der Waals surface area contributed by atoms with Crippen molar-refractivity contribution in [2.45, 2.75) is 45.1 Å². The highest BCUT2D eigenvalue weighted by Crippen LogP contribution is 2.33. The Morgan fingerprint density at radius 3 is 2.30 bits per heavy atom. The Labute approximate surface area is 217 Å². The number of anilines is 1. The van der Waals surface area contributed by atoms with Crippen LogP contribution >= 0.6 is 0 Å². The molecule has 37 heavy (non-hydrogen) atoms. The van der Waals surface area contributed by atoms with E-state index in [2.05, 4.69) is 10.6 Å². The number of piperidine rings is 2. The second-order valence-corrected chi connectivity index (χ2v) is 10.0. The lowest BCUT2D eigenvalue weighted by molar-refractivity contribution is -0.136. The van der Waals surface area contributed by atoms with Crippen LogP contribution in [0.2, 0.25) is 0 Å². The van der Waals surface area contributed by atoms with Gasteiger partial charge in [0.25, 0.3) is 5.91 Å². The second kappa shape index (κ2) is 11.1. The summed E-state index contributed by atoms with van der Waals surface area (Å²) in [5, 5.41) is 5.99. The number of nitrogens with one attached hydrogen (secondary N) is 2. The SMILES string of the molecule is Cc1ccc(NC(=O)N2CCC([C@H](NC(=O)c3ccc4c(c3)OCO4)C(=O)N3CCCCC3)CC2)cc1. The molecule has 3 aliphatic rings. The number of fused-ring (bicyclic) bond motifs is 1. The number of amides is 4. The summed E-state index contributed by atoms with van der Waals surface area (Å²) in [4.78, 5) is 43.3. The molecule has 0 saturated carbocycles. The molecule has 0 spiro atoms. The highest BCUT2D eigenvalue weighted by Gasteiger charge is 2.36. The van der Waals surface area contributed by atoms with Crippen molar-refractivity contribution in [2.75, 3.05) is 38.3 Å². The van der Waals surface area contributed by atoms with Crippen LogP contribution in [0.25, 0.3) is 0 Å². The van der Waals surface area contributed by atoms with Gasteiger partial charge in [0.1, 0.15) is 6.04 Å². The molecule has 0 unspecified atom stereocenters. The number of benzene rings is 2. The minimum absolute atomic E-state index is 0.0312. The lowest BCUT2D eigenvalue weighted by atomic mass is 9.88. The van der Waals surface area contributed by atoms with Gasteiger partial charge in [0.2, 0.25) is 12.7 Å². The highest BCUT2D eigenvalue weighted by atomic mass is 16.7. The zero-order valence-corrected chi connectivity index (χ0v) is 21.2. The van der Waals surface area contributed by atoms with Crippen molar-refractivity contribution in [3.63, 3.8) is 0 Å². The summed E-state index contributed by atoms with van der Waals surface area (Å²) in [5.74, 6) is 0.730. The summed E-state index contributed by atoms with van der Waals surface area (Å²) >= 11 is 0. The predicted octanol–water partition coefficient (Wildman–Crippen LogP) is 3.78. The molecule has 2 fully saturated rings. The van der Waals surface area contributed by atoms with E-state index >= 15 is 0 Å². The van der Waals surface area contributed by atoms with Crippen LogP contribution in [0.4, 0.5) is 10.5 Å².